The predicted molar refractivity (Wildman–Crippen MR) is 64.1 cm³/mol. The molecule has 0 saturated heterocycles. The van der Waals surface area contributed by atoms with E-state index in [2.05, 4.69) is 21.0 Å². The van der Waals surface area contributed by atoms with Crippen LogP contribution in [0, 0.1) is 5.92 Å². The number of nitrogens with zero attached hydrogens (tertiary/aromatic N) is 2. The lowest BCUT2D eigenvalue weighted by Gasteiger charge is -2.14. The van der Waals surface area contributed by atoms with Crippen molar-refractivity contribution < 1.29 is 13.2 Å². The molecule has 0 saturated carbocycles. The molecule has 1 heterocycles. The minimum atomic E-state index is -4.34. The standard InChI is InChI=1S/C11H10BrF3N2/c1-7-6-17(16-10(7)11(13,14)15)9-4-2-8(12)3-5-9/h2-5,7H,6H2,1H3. The van der Waals surface area contributed by atoms with Gasteiger partial charge in [0.25, 0.3) is 0 Å². The van der Waals surface area contributed by atoms with Gasteiger partial charge in [-0.3, -0.25) is 5.01 Å². The normalized spacial score (nSPS) is 20.6. The van der Waals surface area contributed by atoms with Gasteiger partial charge in [-0.25, -0.2) is 0 Å². The van der Waals surface area contributed by atoms with Gasteiger partial charge in [0.05, 0.1) is 5.69 Å². The first kappa shape index (κ1) is 12.4. The number of hydrazone groups is 1. The van der Waals surface area contributed by atoms with E-state index in [0.717, 1.165) is 4.47 Å². The van der Waals surface area contributed by atoms with Crippen LogP contribution in [0.5, 0.6) is 0 Å². The minimum Gasteiger partial charge on any atom is -0.265 e. The van der Waals surface area contributed by atoms with Crippen molar-refractivity contribution >= 4 is 27.3 Å². The van der Waals surface area contributed by atoms with Gasteiger partial charge >= 0.3 is 6.18 Å². The van der Waals surface area contributed by atoms with Crippen LogP contribution >= 0.6 is 15.9 Å². The molecular formula is C11H10BrF3N2. The first-order valence-corrected chi connectivity index (χ1v) is 5.86. The van der Waals surface area contributed by atoms with E-state index >= 15 is 0 Å². The van der Waals surface area contributed by atoms with Gasteiger partial charge in [-0.2, -0.15) is 18.3 Å². The van der Waals surface area contributed by atoms with Crippen molar-refractivity contribution in [2.45, 2.75) is 13.1 Å². The number of rotatable bonds is 1. The molecule has 0 amide bonds. The van der Waals surface area contributed by atoms with Crippen LogP contribution in [-0.2, 0) is 0 Å². The third-order valence-corrected chi connectivity index (χ3v) is 3.09. The second-order valence-corrected chi connectivity index (χ2v) is 4.86. The molecule has 1 aromatic carbocycles. The Morgan fingerprint density at radius 3 is 2.35 bits per heavy atom. The van der Waals surface area contributed by atoms with Gasteiger partial charge in [0, 0.05) is 16.9 Å². The van der Waals surface area contributed by atoms with Crippen LogP contribution in [-0.4, -0.2) is 18.4 Å². The average Bonchev–Trinajstić information content (AvgIpc) is 2.61. The van der Waals surface area contributed by atoms with Crippen LogP contribution < -0.4 is 5.01 Å². The highest BCUT2D eigenvalue weighted by Gasteiger charge is 2.43. The van der Waals surface area contributed by atoms with Crippen molar-refractivity contribution in [2.24, 2.45) is 11.0 Å². The number of halogens is 4. The van der Waals surface area contributed by atoms with Gasteiger partial charge < -0.3 is 0 Å². The second-order valence-electron chi connectivity index (χ2n) is 3.94. The van der Waals surface area contributed by atoms with Crippen molar-refractivity contribution in [3.8, 4) is 0 Å². The van der Waals surface area contributed by atoms with E-state index in [0.29, 0.717) is 5.69 Å². The lowest BCUT2D eigenvalue weighted by Crippen LogP contribution is -2.27. The van der Waals surface area contributed by atoms with Gasteiger partial charge in [0.1, 0.15) is 5.71 Å². The molecule has 0 aliphatic carbocycles. The molecular weight excluding hydrogens is 297 g/mol. The maximum absolute atomic E-state index is 12.6. The molecule has 0 fully saturated rings. The van der Waals surface area contributed by atoms with Crippen LogP contribution in [0.1, 0.15) is 6.92 Å². The number of hydrogen-bond donors (Lipinski definition) is 0. The molecule has 0 spiro atoms. The summed E-state index contributed by atoms with van der Waals surface area (Å²) in [4.78, 5) is 0. The SMILES string of the molecule is CC1CN(c2ccc(Br)cc2)N=C1C(F)(F)F. The smallest absolute Gasteiger partial charge is 0.265 e. The zero-order valence-electron chi connectivity index (χ0n) is 9.00. The topological polar surface area (TPSA) is 15.6 Å². The van der Waals surface area contributed by atoms with Crippen molar-refractivity contribution in [1.29, 1.82) is 0 Å². The molecule has 0 radical (unpaired) electrons. The van der Waals surface area contributed by atoms with E-state index in [1.165, 1.54) is 11.9 Å². The van der Waals surface area contributed by atoms with Crippen LogP contribution in [0.15, 0.2) is 33.8 Å². The molecule has 1 aliphatic rings. The number of hydrogen-bond acceptors (Lipinski definition) is 2. The first-order chi connectivity index (χ1) is 7.88. The third-order valence-electron chi connectivity index (χ3n) is 2.56. The van der Waals surface area contributed by atoms with Crippen LogP contribution in [0.4, 0.5) is 18.9 Å². The van der Waals surface area contributed by atoms with Crippen LogP contribution in [0.2, 0.25) is 0 Å². The quantitative estimate of drug-likeness (QED) is 0.770. The van der Waals surface area contributed by atoms with Gasteiger partial charge in [0.15, 0.2) is 0 Å². The Kier molecular flexibility index (Phi) is 3.16. The summed E-state index contributed by atoms with van der Waals surface area (Å²) in [5.74, 6) is -0.598. The molecule has 2 nitrogen and oxygen atoms in total. The largest absolute Gasteiger partial charge is 0.431 e. The summed E-state index contributed by atoms with van der Waals surface area (Å²) in [5, 5.41) is 5.04. The highest BCUT2D eigenvalue weighted by Crippen LogP contribution is 2.30. The van der Waals surface area contributed by atoms with Gasteiger partial charge in [-0.15, -0.1) is 0 Å². The van der Waals surface area contributed by atoms with Crippen molar-refractivity contribution in [3.63, 3.8) is 0 Å². The molecule has 1 aromatic rings. The van der Waals surface area contributed by atoms with Crippen LogP contribution in [0.25, 0.3) is 0 Å². The van der Waals surface area contributed by atoms with E-state index in [4.69, 9.17) is 0 Å². The fourth-order valence-corrected chi connectivity index (χ4v) is 1.99. The number of alkyl halides is 3. The molecule has 17 heavy (non-hydrogen) atoms. The Hall–Kier alpha value is -1.04. The van der Waals surface area contributed by atoms with Gasteiger partial charge in [0.2, 0.25) is 0 Å². The van der Waals surface area contributed by atoms with Gasteiger partial charge in [-0.1, -0.05) is 22.9 Å². The zero-order valence-corrected chi connectivity index (χ0v) is 10.6. The van der Waals surface area contributed by atoms with Crippen molar-refractivity contribution in [1.82, 2.24) is 0 Å². The summed E-state index contributed by atoms with van der Waals surface area (Å²) in [7, 11) is 0. The molecule has 0 bridgehead atoms. The number of benzene rings is 1. The second kappa shape index (κ2) is 4.33. The Morgan fingerprint density at radius 2 is 1.88 bits per heavy atom. The van der Waals surface area contributed by atoms with E-state index in [1.54, 1.807) is 24.3 Å². The van der Waals surface area contributed by atoms with Crippen molar-refractivity contribution in [3.05, 3.63) is 28.7 Å². The monoisotopic (exact) mass is 306 g/mol. The fraction of sp³-hybridized carbons (Fsp3) is 0.364. The van der Waals surface area contributed by atoms with E-state index in [1.807, 2.05) is 0 Å². The fourth-order valence-electron chi connectivity index (χ4n) is 1.73. The molecule has 92 valence electrons. The summed E-state index contributed by atoms with van der Waals surface area (Å²) < 4.78 is 38.7. The zero-order chi connectivity index (χ0) is 12.6. The lowest BCUT2D eigenvalue weighted by molar-refractivity contribution is -0.0616. The minimum absolute atomic E-state index is 0.260. The lowest BCUT2D eigenvalue weighted by atomic mass is 10.1. The molecule has 0 aromatic heterocycles. The molecule has 1 unspecified atom stereocenters. The molecule has 0 N–H and O–H groups in total. The third kappa shape index (κ3) is 2.62. The van der Waals surface area contributed by atoms with E-state index in [9.17, 15) is 13.2 Å². The maximum atomic E-state index is 12.6. The summed E-state index contributed by atoms with van der Waals surface area (Å²) in [6.07, 6.45) is -4.34. The Bertz CT molecular complexity index is 439. The molecule has 1 atom stereocenters. The Labute approximate surface area is 105 Å². The summed E-state index contributed by atoms with van der Waals surface area (Å²) >= 11 is 3.28. The molecule has 2 rings (SSSR count). The highest BCUT2D eigenvalue weighted by molar-refractivity contribution is 9.10. The Morgan fingerprint density at radius 1 is 1.29 bits per heavy atom. The van der Waals surface area contributed by atoms with Gasteiger partial charge in [-0.05, 0) is 24.3 Å². The summed E-state index contributed by atoms with van der Waals surface area (Å²) in [6, 6.07) is 7.03. The molecule has 1 aliphatic heterocycles. The van der Waals surface area contributed by atoms with E-state index in [-0.39, 0.29) is 6.54 Å². The summed E-state index contributed by atoms with van der Waals surface area (Å²) in [6.45, 7) is 1.79. The molecule has 6 heteroatoms. The number of anilines is 1. The van der Waals surface area contributed by atoms with Crippen LogP contribution in [0.3, 0.4) is 0 Å². The first-order valence-electron chi connectivity index (χ1n) is 5.07. The van der Waals surface area contributed by atoms with Crippen molar-refractivity contribution in [2.75, 3.05) is 11.6 Å². The average molecular weight is 307 g/mol. The highest BCUT2D eigenvalue weighted by atomic mass is 79.9. The maximum Gasteiger partial charge on any atom is 0.431 e. The summed E-state index contributed by atoms with van der Waals surface area (Å²) in [5.41, 5.74) is -0.0419. The van der Waals surface area contributed by atoms with E-state index < -0.39 is 17.8 Å². The predicted octanol–water partition coefficient (Wildman–Crippen LogP) is 3.82. The Balaban J connectivity index is 2.26.